The molecule has 0 spiro atoms. The highest BCUT2D eigenvalue weighted by molar-refractivity contribution is 7.12. The van der Waals surface area contributed by atoms with Crippen molar-refractivity contribution in [3.05, 3.63) is 39.8 Å². The second-order valence-electron chi connectivity index (χ2n) is 5.85. The number of rotatable bonds is 4. The Bertz CT molecular complexity index is 787. The van der Waals surface area contributed by atoms with E-state index in [1.807, 2.05) is 19.9 Å². The molecule has 0 bridgehead atoms. The molecule has 1 fully saturated rings. The van der Waals surface area contributed by atoms with Crippen molar-refractivity contribution in [2.45, 2.75) is 26.4 Å². The number of ether oxygens (including phenoxy) is 1. The van der Waals surface area contributed by atoms with Crippen molar-refractivity contribution < 1.29 is 14.3 Å². The molecule has 1 aliphatic heterocycles. The largest absolute Gasteiger partial charge is 0.481 e. The van der Waals surface area contributed by atoms with E-state index in [-0.39, 0.29) is 11.8 Å². The summed E-state index contributed by atoms with van der Waals surface area (Å²) in [5, 5.41) is 2.89. The third-order valence-electron chi connectivity index (χ3n) is 4.05. The van der Waals surface area contributed by atoms with Crippen molar-refractivity contribution in [1.29, 1.82) is 0 Å². The fourth-order valence-electron chi connectivity index (χ4n) is 2.61. The van der Waals surface area contributed by atoms with E-state index in [4.69, 9.17) is 4.74 Å². The summed E-state index contributed by atoms with van der Waals surface area (Å²) in [6, 6.07) is 5.40. The van der Waals surface area contributed by atoms with Crippen molar-refractivity contribution in [3.63, 3.8) is 0 Å². The quantitative estimate of drug-likeness (QED) is 0.925. The number of hydrogen-bond acceptors (Lipinski definition) is 5. The Balaban J connectivity index is 1.70. The molecule has 1 atom stereocenters. The summed E-state index contributed by atoms with van der Waals surface area (Å²) < 4.78 is 5.78. The fraction of sp³-hybridized carbons (Fsp3) is 0.353. The van der Waals surface area contributed by atoms with Crippen LogP contribution < -0.4 is 10.1 Å². The lowest BCUT2D eigenvalue weighted by Gasteiger charge is -2.15. The Labute approximate surface area is 144 Å². The normalized spacial score (nSPS) is 17.2. The molecular weight excluding hydrogens is 326 g/mol. The number of aryl methyl sites for hydroxylation is 2. The van der Waals surface area contributed by atoms with Gasteiger partial charge in [-0.15, -0.1) is 11.3 Å². The molecule has 1 N–H and O–H groups in total. The number of amides is 2. The third-order valence-corrected chi connectivity index (χ3v) is 4.98. The summed E-state index contributed by atoms with van der Waals surface area (Å²) in [6.07, 6.45) is 0.270. The molecule has 2 aromatic rings. The van der Waals surface area contributed by atoms with Crippen molar-refractivity contribution in [3.8, 4) is 5.75 Å². The topological polar surface area (TPSA) is 71.5 Å². The third kappa shape index (κ3) is 3.26. The molecular formula is C17H19N3O3S. The van der Waals surface area contributed by atoms with Gasteiger partial charge in [-0.1, -0.05) is 0 Å². The van der Waals surface area contributed by atoms with E-state index in [1.165, 1.54) is 11.3 Å². The number of likely N-dealkylation sites (N-methyl/N-ethyl adjacent to an activating group) is 1. The van der Waals surface area contributed by atoms with Gasteiger partial charge in [-0.05, 0) is 37.6 Å². The number of nitrogens with zero attached hydrogens (tertiary/aromatic N) is 2. The molecule has 1 saturated heterocycles. The zero-order valence-electron chi connectivity index (χ0n) is 13.8. The average Bonchev–Trinajstić information content (AvgIpc) is 3.10. The van der Waals surface area contributed by atoms with Crippen LogP contribution in [-0.2, 0) is 4.79 Å². The number of anilines is 1. The number of benzene rings is 1. The Morgan fingerprint density at radius 3 is 2.79 bits per heavy atom. The van der Waals surface area contributed by atoms with Gasteiger partial charge in [-0.3, -0.25) is 9.59 Å². The molecule has 6 nitrogen and oxygen atoms in total. The Hall–Kier alpha value is -2.41. The molecule has 0 saturated carbocycles. The summed E-state index contributed by atoms with van der Waals surface area (Å²) in [6.45, 7) is 4.42. The van der Waals surface area contributed by atoms with Crippen molar-refractivity contribution in [2.75, 3.05) is 18.9 Å². The number of carbonyl (C=O) groups is 2. The molecule has 1 aromatic carbocycles. The molecule has 126 valence electrons. The van der Waals surface area contributed by atoms with Gasteiger partial charge in [0.2, 0.25) is 0 Å². The maximum absolute atomic E-state index is 12.3. The number of aromatic nitrogens is 1. The summed E-state index contributed by atoms with van der Waals surface area (Å²) in [5.41, 5.74) is 3.97. The van der Waals surface area contributed by atoms with E-state index >= 15 is 0 Å². The molecule has 3 rings (SSSR count). The molecule has 0 radical (unpaired) electrons. The molecule has 1 aliphatic rings. The number of hydrogen-bond donors (Lipinski definition) is 1. The first-order valence-corrected chi connectivity index (χ1v) is 8.57. The summed E-state index contributed by atoms with van der Waals surface area (Å²) in [7, 11) is 1.77. The van der Waals surface area contributed by atoms with E-state index in [2.05, 4.69) is 10.3 Å². The number of thiazole rings is 1. The van der Waals surface area contributed by atoms with Gasteiger partial charge in [-0.2, -0.15) is 0 Å². The summed E-state index contributed by atoms with van der Waals surface area (Å²) >= 11 is 1.32. The van der Waals surface area contributed by atoms with Gasteiger partial charge < -0.3 is 15.0 Å². The number of carbonyl (C=O) groups excluding carboxylic acids is 2. The predicted molar refractivity (Wildman–Crippen MR) is 92.7 cm³/mol. The van der Waals surface area contributed by atoms with Crippen LogP contribution in [0.1, 0.15) is 27.3 Å². The Kier molecular flexibility index (Phi) is 4.53. The van der Waals surface area contributed by atoms with Gasteiger partial charge in [0.25, 0.3) is 11.8 Å². The predicted octanol–water partition coefficient (Wildman–Crippen LogP) is 2.62. The van der Waals surface area contributed by atoms with E-state index in [0.29, 0.717) is 23.6 Å². The minimum absolute atomic E-state index is 0.00528. The van der Waals surface area contributed by atoms with E-state index in [1.54, 1.807) is 29.6 Å². The average molecular weight is 345 g/mol. The van der Waals surface area contributed by atoms with Gasteiger partial charge >= 0.3 is 0 Å². The monoisotopic (exact) mass is 345 g/mol. The maximum Gasteiger partial charge on any atom is 0.267 e. The zero-order valence-corrected chi connectivity index (χ0v) is 14.6. The van der Waals surface area contributed by atoms with Crippen molar-refractivity contribution >= 4 is 28.8 Å². The molecule has 1 aromatic heterocycles. The molecule has 0 aliphatic carbocycles. The lowest BCUT2D eigenvalue weighted by Crippen LogP contribution is -2.29. The molecule has 2 heterocycles. The first-order chi connectivity index (χ1) is 11.5. The van der Waals surface area contributed by atoms with Gasteiger partial charge in [0, 0.05) is 25.7 Å². The van der Waals surface area contributed by atoms with Gasteiger partial charge in [0.15, 0.2) is 6.10 Å². The van der Waals surface area contributed by atoms with Gasteiger partial charge in [0.05, 0.1) is 11.2 Å². The van der Waals surface area contributed by atoms with Crippen LogP contribution in [0.5, 0.6) is 5.75 Å². The lowest BCUT2D eigenvalue weighted by atomic mass is 10.2. The van der Waals surface area contributed by atoms with Crippen LogP contribution >= 0.6 is 11.3 Å². The molecule has 0 unspecified atom stereocenters. The second kappa shape index (κ2) is 6.60. The standard InChI is InChI=1S/C17H19N3O3S/c1-10-8-12(23-14-6-7-20(3)17(14)22)4-5-13(10)19-16(21)15-11(2)18-9-24-15/h4-5,8-9,14H,6-7H2,1-3H3,(H,19,21)/t14-/m1/s1. The Morgan fingerprint density at radius 2 is 2.21 bits per heavy atom. The zero-order chi connectivity index (χ0) is 17.3. The van der Waals surface area contributed by atoms with Crippen LogP contribution in [0.4, 0.5) is 5.69 Å². The fourth-order valence-corrected chi connectivity index (χ4v) is 3.31. The van der Waals surface area contributed by atoms with Crippen molar-refractivity contribution in [1.82, 2.24) is 9.88 Å². The van der Waals surface area contributed by atoms with Crippen LogP contribution in [-0.4, -0.2) is 41.4 Å². The van der Waals surface area contributed by atoms with Crippen LogP contribution in [0, 0.1) is 13.8 Å². The second-order valence-corrected chi connectivity index (χ2v) is 6.71. The smallest absolute Gasteiger partial charge is 0.267 e. The highest BCUT2D eigenvalue weighted by atomic mass is 32.1. The minimum Gasteiger partial charge on any atom is -0.481 e. The first-order valence-electron chi connectivity index (χ1n) is 7.69. The molecule has 24 heavy (non-hydrogen) atoms. The van der Waals surface area contributed by atoms with Crippen LogP contribution in [0.3, 0.4) is 0 Å². The van der Waals surface area contributed by atoms with Crippen LogP contribution in [0.25, 0.3) is 0 Å². The molecule has 7 heteroatoms. The number of nitrogens with one attached hydrogen (secondary N) is 1. The van der Waals surface area contributed by atoms with Crippen LogP contribution in [0.15, 0.2) is 23.7 Å². The Morgan fingerprint density at radius 1 is 1.42 bits per heavy atom. The van der Waals surface area contributed by atoms with Gasteiger partial charge in [-0.25, -0.2) is 4.98 Å². The summed E-state index contributed by atoms with van der Waals surface area (Å²) in [4.78, 5) is 30.5. The van der Waals surface area contributed by atoms with Gasteiger partial charge in [0.1, 0.15) is 10.6 Å². The lowest BCUT2D eigenvalue weighted by molar-refractivity contribution is -0.132. The number of likely N-dealkylation sites (tertiary alicyclic amines) is 1. The maximum atomic E-state index is 12.3. The van der Waals surface area contributed by atoms with E-state index in [9.17, 15) is 9.59 Å². The van der Waals surface area contributed by atoms with E-state index < -0.39 is 6.10 Å². The highest BCUT2D eigenvalue weighted by Gasteiger charge is 2.30. The highest BCUT2D eigenvalue weighted by Crippen LogP contribution is 2.25. The van der Waals surface area contributed by atoms with Crippen molar-refractivity contribution in [2.24, 2.45) is 0 Å². The minimum atomic E-state index is -0.422. The van der Waals surface area contributed by atoms with E-state index in [0.717, 1.165) is 16.9 Å². The SMILES string of the molecule is Cc1cc(O[C@@H]2CCN(C)C2=O)ccc1NC(=O)c1scnc1C. The van der Waals surface area contributed by atoms with Crippen LogP contribution in [0.2, 0.25) is 0 Å². The first kappa shape index (κ1) is 16.4. The summed E-state index contributed by atoms with van der Waals surface area (Å²) in [5.74, 6) is 0.471. The molecule has 2 amide bonds.